The van der Waals surface area contributed by atoms with Crippen LogP contribution < -0.4 is 0 Å². The van der Waals surface area contributed by atoms with Crippen LogP contribution in [0.5, 0.6) is 0 Å². The molecule has 0 aromatic rings. The number of hydrogen-bond donors (Lipinski definition) is 8. The number of carbonyl (C=O) groups is 3. The van der Waals surface area contributed by atoms with Crippen molar-refractivity contribution >= 4 is 17.9 Å². The molecule has 17 atom stereocenters. The largest absolute Gasteiger partial charge is 0.472 e. The smallest absolute Gasteiger partial charge is 0.337 e. The van der Waals surface area contributed by atoms with Gasteiger partial charge >= 0.3 is 17.9 Å². The number of carbonyl (C=O) groups excluding carboxylic acids is 3. The molecule has 2 saturated heterocycles. The Morgan fingerprint density at radius 3 is 1.87 bits per heavy atom. The fourth-order valence-corrected chi connectivity index (χ4v) is 7.39. The average molecular weight is 777 g/mol. The van der Waals surface area contributed by atoms with Gasteiger partial charge in [-0.15, -0.1) is 6.58 Å². The molecule has 4 heterocycles. The van der Waals surface area contributed by atoms with Crippen LogP contribution in [0.4, 0.5) is 0 Å². The third-order valence-electron chi connectivity index (χ3n) is 10.3. The van der Waals surface area contributed by atoms with Crippen LogP contribution in [0.3, 0.4) is 0 Å². The molecule has 17 unspecified atom stereocenters. The SMILES string of the molecule is C=CC1C(OC2OC(CO)C(O)C(O)C2O)OC=C(C(=O)OC2CC3C(C(=O)OC)=COC(OC4OC(CO)C(O)C(O)C4O)C3C2)C1CCOC(C)=O. The Morgan fingerprint density at radius 1 is 0.778 bits per heavy atom. The minimum Gasteiger partial charge on any atom is -0.472 e. The number of rotatable bonds is 13. The summed E-state index contributed by atoms with van der Waals surface area (Å²) < 4.78 is 50.1. The molecule has 0 radical (unpaired) electrons. The second-order valence-electron chi connectivity index (χ2n) is 13.6. The monoisotopic (exact) mass is 776 g/mol. The summed E-state index contributed by atoms with van der Waals surface area (Å²) in [6.45, 7) is 3.50. The van der Waals surface area contributed by atoms with E-state index in [0.29, 0.717) is 0 Å². The van der Waals surface area contributed by atoms with Crippen molar-refractivity contribution in [1.82, 2.24) is 0 Å². The number of aliphatic hydroxyl groups excluding tert-OH is 8. The van der Waals surface area contributed by atoms with E-state index in [1.807, 2.05) is 0 Å². The van der Waals surface area contributed by atoms with Gasteiger partial charge in [-0.25, -0.2) is 9.59 Å². The van der Waals surface area contributed by atoms with Crippen LogP contribution >= 0.6 is 0 Å². The van der Waals surface area contributed by atoms with Crippen LogP contribution in [0.2, 0.25) is 0 Å². The van der Waals surface area contributed by atoms with Gasteiger partial charge in [0.2, 0.25) is 12.6 Å². The number of esters is 3. The first kappa shape index (κ1) is 41.9. The standard InChI is InChI=1S/C34H48O20/c1-4-15-16(5-6-47-13(2)37)19(11-48-31(15)53-33-27(42)25(40)23(38)21(9-35)51-33)30(45)50-14-7-17-18(8-14)32(49-12-20(17)29(44)46-3)54-34-28(43)26(41)24(39)22(10-36)52-34/h4,11-12,14-18,21-28,31-36,38-43H,1,5-10H2,2-3H3. The lowest BCUT2D eigenvalue weighted by Crippen LogP contribution is -2.60. The number of ether oxygens (including phenoxy) is 9. The van der Waals surface area contributed by atoms with Crippen LogP contribution in [0.25, 0.3) is 0 Å². The lowest BCUT2D eigenvalue weighted by Gasteiger charge is -2.43. The Labute approximate surface area is 309 Å². The molecule has 20 nitrogen and oxygen atoms in total. The average Bonchev–Trinajstić information content (AvgIpc) is 3.58. The fraction of sp³-hybridized carbons (Fsp3) is 0.735. The maximum atomic E-state index is 13.9. The van der Waals surface area contributed by atoms with Crippen molar-refractivity contribution in [2.45, 2.75) is 106 Å². The van der Waals surface area contributed by atoms with Crippen molar-refractivity contribution in [1.29, 1.82) is 0 Å². The summed E-state index contributed by atoms with van der Waals surface area (Å²) in [4.78, 5) is 38.2. The minimum atomic E-state index is -1.75. The third kappa shape index (κ3) is 8.74. The second kappa shape index (κ2) is 18.1. The highest BCUT2D eigenvalue weighted by Crippen LogP contribution is 2.46. The van der Waals surface area contributed by atoms with Gasteiger partial charge in [-0.3, -0.25) is 4.79 Å². The molecule has 0 amide bonds. The molecular weight excluding hydrogens is 728 g/mol. The van der Waals surface area contributed by atoms with Crippen LogP contribution in [-0.2, 0) is 57.0 Å². The van der Waals surface area contributed by atoms with Crippen molar-refractivity contribution < 1.29 is 97.9 Å². The summed E-state index contributed by atoms with van der Waals surface area (Å²) >= 11 is 0. The van der Waals surface area contributed by atoms with Crippen molar-refractivity contribution in [3.8, 4) is 0 Å². The first-order chi connectivity index (χ1) is 25.7. The molecule has 3 fully saturated rings. The van der Waals surface area contributed by atoms with Gasteiger partial charge in [-0.1, -0.05) is 6.08 Å². The van der Waals surface area contributed by atoms with Gasteiger partial charge in [0.1, 0.15) is 54.9 Å². The molecule has 1 aliphatic carbocycles. The lowest BCUT2D eigenvalue weighted by atomic mass is 9.81. The van der Waals surface area contributed by atoms with Crippen molar-refractivity contribution in [3.05, 3.63) is 36.3 Å². The summed E-state index contributed by atoms with van der Waals surface area (Å²) in [5.74, 6) is -5.17. The molecule has 54 heavy (non-hydrogen) atoms. The van der Waals surface area contributed by atoms with Crippen LogP contribution in [0.1, 0.15) is 26.2 Å². The Bertz CT molecular complexity index is 1400. The van der Waals surface area contributed by atoms with Gasteiger partial charge in [0, 0.05) is 30.6 Å². The van der Waals surface area contributed by atoms with E-state index in [2.05, 4.69) is 6.58 Å². The molecule has 4 aliphatic heterocycles. The fourth-order valence-electron chi connectivity index (χ4n) is 7.39. The zero-order valence-corrected chi connectivity index (χ0v) is 29.5. The molecule has 304 valence electrons. The Kier molecular flexibility index (Phi) is 14.1. The van der Waals surface area contributed by atoms with E-state index in [-0.39, 0.29) is 37.0 Å². The highest BCUT2D eigenvalue weighted by atomic mass is 16.8. The maximum absolute atomic E-state index is 13.9. The number of fused-ring (bicyclic) bond motifs is 1. The predicted molar refractivity (Wildman–Crippen MR) is 172 cm³/mol. The molecule has 5 aliphatic rings. The zero-order chi connectivity index (χ0) is 39.4. The maximum Gasteiger partial charge on any atom is 0.337 e. The summed E-state index contributed by atoms with van der Waals surface area (Å²) in [6, 6.07) is 0. The van der Waals surface area contributed by atoms with E-state index in [4.69, 9.17) is 42.6 Å². The first-order valence-electron chi connectivity index (χ1n) is 17.4. The molecule has 0 bridgehead atoms. The Balaban J connectivity index is 1.33. The van der Waals surface area contributed by atoms with Gasteiger partial charge < -0.3 is 83.5 Å². The predicted octanol–water partition coefficient (Wildman–Crippen LogP) is -3.42. The Morgan fingerprint density at radius 2 is 1.33 bits per heavy atom. The van der Waals surface area contributed by atoms with E-state index in [1.165, 1.54) is 20.1 Å². The van der Waals surface area contributed by atoms with E-state index in [1.54, 1.807) is 0 Å². The van der Waals surface area contributed by atoms with Crippen molar-refractivity contribution in [2.24, 2.45) is 23.7 Å². The minimum absolute atomic E-state index is 0.00956. The van der Waals surface area contributed by atoms with E-state index in [0.717, 1.165) is 12.5 Å². The first-order valence-corrected chi connectivity index (χ1v) is 17.4. The molecule has 0 aromatic carbocycles. The molecular formula is C34H48O20. The number of hydrogen-bond acceptors (Lipinski definition) is 20. The van der Waals surface area contributed by atoms with Gasteiger partial charge in [-0.05, 0) is 19.3 Å². The molecule has 1 saturated carbocycles. The quantitative estimate of drug-likeness (QED) is 0.0513. The molecule has 0 aromatic heterocycles. The summed E-state index contributed by atoms with van der Waals surface area (Å²) in [6.07, 6.45) is -15.4. The molecule has 20 heteroatoms. The van der Waals surface area contributed by atoms with Gasteiger partial charge in [0.15, 0.2) is 12.6 Å². The summed E-state index contributed by atoms with van der Waals surface area (Å²) in [5, 5.41) is 81.0. The second-order valence-corrected chi connectivity index (χ2v) is 13.6. The van der Waals surface area contributed by atoms with Crippen LogP contribution in [0.15, 0.2) is 36.3 Å². The number of methoxy groups -OCH3 is 1. The zero-order valence-electron chi connectivity index (χ0n) is 29.5. The topological polar surface area (TPSA) is 296 Å². The van der Waals surface area contributed by atoms with Crippen LogP contribution in [0, 0.1) is 23.7 Å². The highest BCUT2D eigenvalue weighted by Gasteiger charge is 2.53. The summed E-state index contributed by atoms with van der Waals surface area (Å²) in [7, 11) is 1.18. The Hall–Kier alpha value is -3.25. The normalized spacial score (nSPS) is 41.9. The van der Waals surface area contributed by atoms with E-state index in [9.17, 15) is 55.2 Å². The molecule has 5 rings (SSSR count). The van der Waals surface area contributed by atoms with Crippen LogP contribution in [-0.4, -0.2) is 166 Å². The molecule has 0 spiro atoms. The van der Waals surface area contributed by atoms with E-state index < -0.39 is 135 Å². The van der Waals surface area contributed by atoms with Crippen molar-refractivity contribution in [3.63, 3.8) is 0 Å². The summed E-state index contributed by atoms with van der Waals surface area (Å²) in [5.41, 5.74) is 0.110. The van der Waals surface area contributed by atoms with Crippen molar-refractivity contribution in [2.75, 3.05) is 26.9 Å². The van der Waals surface area contributed by atoms with Gasteiger partial charge in [-0.2, -0.15) is 0 Å². The van der Waals surface area contributed by atoms with E-state index >= 15 is 0 Å². The van der Waals surface area contributed by atoms with Gasteiger partial charge in [0.25, 0.3) is 0 Å². The lowest BCUT2D eigenvalue weighted by molar-refractivity contribution is -0.341. The number of aliphatic hydroxyl groups is 8. The highest BCUT2D eigenvalue weighted by molar-refractivity contribution is 5.90. The van der Waals surface area contributed by atoms with Gasteiger partial charge in [0.05, 0.1) is 50.6 Å². The molecule has 8 N–H and O–H groups in total. The third-order valence-corrected chi connectivity index (χ3v) is 10.3.